The third-order valence-corrected chi connectivity index (χ3v) is 4.93. The summed E-state index contributed by atoms with van der Waals surface area (Å²) >= 11 is 0. The van der Waals surface area contributed by atoms with Crippen molar-refractivity contribution in [2.45, 2.75) is 19.4 Å². The summed E-state index contributed by atoms with van der Waals surface area (Å²) in [7, 11) is 1.99. The number of carbonyl (C=O) groups is 2. The van der Waals surface area contributed by atoms with Gasteiger partial charge in [0.25, 0.3) is 5.91 Å². The lowest BCUT2D eigenvalue weighted by Crippen LogP contribution is -2.26. The summed E-state index contributed by atoms with van der Waals surface area (Å²) < 4.78 is 2.03. The van der Waals surface area contributed by atoms with Crippen molar-refractivity contribution >= 4 is 28.4 Å². The highest BCUT2D eigenvalue weighted by atomic mass is 16.2. The summed E-state index contributed by atoms with van der Waals surface area (Å²) in [5, 5.41) is 4.03. The van der Waals surface area contributed by atoms with Gasteiger partial charge in [-0.2, -0.15) is 0 Å². The van der Waals surface area contributed by atoms with Crippen molar-refractivity contribution in [1.82, 2.24) is 9.47 Å². The Kier molecular flexibility index (Phi) is 4.21. The van der Waals surface area contributed by atoms with Crippen molar-refractivity contribution in [1.29, 1.82) is 0 Å². The van der Waals surface area contributed by atoms with Crippen LogP contribution in [-0.4, -0.2) is 27.8 Å². The van der Waals surface area contributed by atoms with E-state index in [2.05, 4.69) is 5.32 Å². The summed E-state index contributed by atoms with van der Waals surface area (Å²) in [6.45, 7) is 1.23. The molecule has 0 bridgehead atoms. The van der Waals surface area contributed by atoms with E-state index in [1.807, 2.05) is 71.2 Å². The molecule has 0 radical (unpaired) electrons. The minimum absolute atomic E-state index is 0.0227. The Morgan fingerprint density at radius 2 is 1.96 bits per heavy atom. The number of nitrogens with one attached hydrogen (secondary N) is 1. The van der Waals surface area contributed by atoms with Crippen LogP contribution in [0, 0.1) is 0 Å². The monoisotopic (exact) mass is 347 g/mol. The van der Waals surface area contributed by atoms with E-state index in [0.717, 1.165) is 27.7 Å². The molecule has 0 atom stereocenters. The van der Waals surface area contributed by atoms with E-state index in [1.165, 1.54) is 0 Å². The standard InChI is InChI=1S/C21H21N3O2/c1-23-13-11-17-18(8-4-9-19(17)23)22-20(25)10-5-12-24-14-15-6-2-3-7-16(15)21(24)26/h2-4,6-9,11,13H,5,10,12,14H2,1H3,(H,22,25). The van der Waals surface area contributed by atoms with Crippen LogP contribution in [0.4, 0.5) is 5.69 Å². The van der Waals surface area contributed by atoms with Crippen molar-refractivity contribution in [3.63, 3.8) is 0 Å². The molecule has 132 valence electrons. The Labute approximate surface area is 152 Å². The first-order valence-corrected chi connectivity index (χ1v) is 8.84. The molecule has 2 heterocycles. The maximum Gasteiger partial charge on any atom is 0.254 e. The van der Waals surface area contributed by atoms with Crippen molar-refractivity contribution in [3.8, 4) is 0 Å². The highest BCUT2D eigenvalue weighted by Gasteiger charge is 2.26. The average molecular weight is 347 g/mol. The Morgan fingerprint density at radius 1 is 1.12 bits per heavy atom. The van der Waals surface area contributed by atoms with Gasteiger partial charge in [0.15, 0.2) is 0 Å². The molecule has 0 saturated heterocycles. The normalized spacial score (nSPS) is 13.3. The molecule has 0 aliphatic carbocycles. The topological polar surface area (TPSA) is 54.3 Å². The van der Waals surface area contributed by atoms with E-state index in [-0.39, 0.29) is 11.8 Å². The summed E-state index contributed by atoms with van der Waals surface area (Å²) in [5.41, 5.74) is 3.77. The number of aryl methyl sites for hydroxylation is 1. The Hall–Kier alpha value is -3.08. The molecule has 0 unspecified atom stereocenters. The molecule has 2 aromatic carbocycles. The zero-order chi connectivity index (χ0) is 18.1. The van der Waals surface area contributed by atoms with Gasteiger partial charge in [-0.25, -0.2) is 0 Å². The summed E-state index contributed by atoms with van der Waals surface area (Å²) in [6, 6.07) is 15.6. The third-order valence-electron chi connectivity index (χ3n) is 4.93. The number of carbonyl (C=O) groups excluding carboxylic acids is 2. The zero-order valence-corrected chi connectivity index (χ0v) is 14.7. The molecule has 3 aromatic rings. The molecule has 0 fully saturated rings. The molecule has 0 spiro atoms. The molecule has 1 aliphatic heterocycles. The van der Waals surface area contributed by atoms with Gasteiger partial charge < -0.3 is 14.8 Å². The fourth-order valence-electron chi connectivity index (χ4n) is 3.55. The number of hydrogen-bond acceptors (Lipinski definition) is 2. The van der Waals surface area contributed by atoms with Crippen LogP contribution in [0.2, 0.25) is 0 Å². The molecule has 5 heteroatoms. The number of benzene rings is 2. The Bertz CT molecular complexity index is 990. The first-order valence-electron chi connectivity index (χ1n) is 8.84. The molecule has 1 aliphatic rings. The van der Waals surface area contributed by atoms with E-state index >= 15 is 0 Å². The van der Waals surface area contributed by atoms with Crippen LogP contribution >= 0.6 is 0 Å². The van der Waals surface area contributed by atoms with Crippen molar-refractivity contribution in [3.05, 3.63) is 65.9 Å². The maximum absolute atomic E-state index is 12.3. The molecule has 2 amide bonds. The molecule has 26 heavy (non-hydrogen) atoms. The zero-order valence-electron chi connectivity index (χ0n) is 14.7. The van der Waals surface area contributed by atoms with Gasteiger partial charge in [0.1, 0.15) is 0 Å². The number of rotatable bonds is 5. The van der Waals surface area contributed by atoms with Gasteiger partial charge in [-0.15, -0.1) is 0 Å². The number of anilines is 1. The molecule has 5 nitrogen and oxygen atoms in total. The van der Waals surface area contributed by atoms with Gasteiger partial charge in [-0.1, -0.05) is 24.3 Å². The predicted octanol–water partition coefficient (Wildman–Crippen LogP) is 3.55. The molecule has 1 N–H and O–H groups in total. The Morgan fingerprint density at radius 3 is 2.81 bits per heavy atom. The van der Waals surface area contributed by atoms with E-state index in [0.29, 0.717) is 25.9 Å². The predicted molar refractivity (Wildman–Crippen MR) is 102 cm³/mol. The first-order chi connectivity index (χ1) is 12.6. The average Bonchev–Trinajstić information content (AvgIpc) is 3.17. The van der Waals surface area contributed by atoms with Crippen LogP contribution in [0.15, 0.2) is 54.7 Å². The van der Waals surface area contributed by atoms with Gasteiger partial charge in [0.05, 0.1) is 5.69 Å². The number of nitrogens with zero attached hydrogens (tertiary/aromatic N) is 2. The summed E-state index contributed by atoms with van der Waals surface area (Å²) in [6.07, 6.45) is 3.02. The summed E-state index contributed by atoms with van der Waals surface area (Å²) in [5.74, 6) is 0.0422. The second-order valence-corrected chi connectivity index (χ2v) is 6.70. The van der Waals surface area contributed by atoms with E-state index in [1.54, 1.807) is 0 Å². The summed E-state index contributed by atoms with van der Waals surface area (Å²) in [4.78, 5) is 26.5. The van der Waals surface area contributed by atoms with Gasteiger partial charge in [0, 0.05) is 49.2 Å². The van der Waals surface area contributed by atoms with E-state index in [9.17, 15) is 9.59 Å². The molecular weight excluding hydrogens is 326 g/mol. The van der Waals surface area contributed by atoms with Gasteiger partial charge in [0.2, 0.25) is 5.91 Å². The minimum atomic E-state index is -0.0227. The number of fused-ring (bicyclic) bond motifs is 2. The largest absolute Gasteiger partial charge is 0.350 e. The lowest BCUT2D eigenvalue weighted by molar-refractivity contribution is -0.116. The van der Waals surface area contributed by atoms with Crippen LogP contribution in [0.3, 0.4) is 0 Å². The van der Waals surface area contributed by atoms with E-state index in [4.69, 9.17) is 0 Å². The van der Waals surface area contributed by atoms with Crippen LogP contribution in [0.25, 0.3) is 10.9 Å². The maximum atomic E-state index is 12.3. The van der Waals surface area contributed by atoms with Crippen LogP contribution < -0.4 is 5.32 Å². The molecular formula is C21H21N3O2. The SMILES string of the molecule is Cn1ccc2c(NC(=O)CCCN3Cc4ccccc4C3=O)cccc21. The highest BCUT2D eigenvalue weighted by molar-refractivity contribution is 6.01. The van der Waals surface area contributed by atoms with Gasteiger partial charge in [-0.3, -0.25) is 9.59 Å². The van der Waals surface area contributed by atoms with Crippen molar-refractivity contribution < 1.29 is 9.59 Å². The number of hydrogen-bond donors (Lipinski definition) is 1. The molecule has 4 rings (SSSR count). The van der Waals surface area contributed by atoms with Crippen LogP contribution in [-0.2, 0) is 18.4 Å². The minimum Gasteiger partial charge on any atom is -0.350 e. The number of aromatic nitrogens is 1. The molecule has 0 saturated carbocycles. The lowest BCUT2D eigenvalue weighted by atomic mass is 10.1. The molecule has 1 aromatic heterocycles. The fraction of sp³-hybridized carbons (Fsp3) is 0.238. The lowest BCUT2D eigenvalue weighted by Gasteiger charge is -2.15. The Balaban J connectivity index is 1.33. The second kappa shape index (κ2) is 6.67. The fourth-order valence-corrected chi connectivity index (χ4v) is 3.55. The van der Waals surface area contributed by atoms with Gasteiger partial charge in [-0.05, 0) is 36.2 Å². The first kappa shape index (κ1) is 16.4. The van der Waals surface area contributed by atoms with Crippen molar-refractivity contribution in [2.75, 3.05) is 11.9 Å². The van der Waals surface area contributed by atoms with Crippen LogP contribution in [0.5, 0.6) is 0 Å². The second-order valence-electron chi connectivity index (χ2n) is 6.70. The third kappa shape index (κ3) is 2.96. The smallest absolute Gasteiger partial charge is 0.254 e. The van der Waals surface area contributed by atoms with Crippen LogP contribution in [0.1, 0.15) is 28.8 Å². The quantitative estimate of drug-likeness (QED) is 0.767. The number of amides is 2. The van der Waals surface area contributed by atoms with Gasteiger partial charge >= 0.3 is 0 Å². The highest BCUT2D eigenvalue weighted by Crippen LogP contribution is 2.25. The van der Waals surface area contributed by atoms with Crippen molar-refractivity contribution in [2.24, 2.45) is 7.05 Å². The van der Waals surface area contributed by atoms with E-state index < -0.39 is 0 Å².